The summed E-state index contributed by atoms with van der Waals surface area (Å²) in [5.74, 6) is 0.200. The van der Waals surface area contributed by atoms with Crippen LogP contribution in [-0.4, -0.2) is 43.2 Å². The van der Waals surface area contributed by atoms with Crippen molar-refractivity contribution in [1.82, 2.24) is 4.90 Å². The minimum absolute atomic E-state index is 0.00354. The van der Waals surface area contributed by atoms with Crippen LogP contribution in [0.3, 0.4) is 0 Å². The summed E-state index contributed by atoms with van der Waals surface area (Å²) in [4.78, 5) is 14.4. The molecule has 2 aliphatic heterocycles. The quantitative estimate of drug-likeness (QED) is 0.858. The first-order chi connectivity index (χ1) is 10.3. The van der Waals surface area contributed by atoms with Gasteiger partial charge in [-0.2, -0.15) is 0 Å². The lowest BCUT2D eigenvalue weighted by Gasteiger charge is -2.34. The molecule has 2 saturated heterocycles. The molecule has 114 valence electrons. The molecular weight excluding hydrogens is 266 g/mol. The van der Waals surface area contributed by atoms with E-state index in [2.05, 4.69) is 12.1 Å². The molecule has 0 bridgehead atoms. The Morgan fingerprint density at radius 1 is 1.14 bits per heavy atom. The number of hydrogen-bond acceptors (Lipinski definition) is 3. The lowest BCUT2D eigenvalue weighted by atomic mass is 10.0. The molecule has 0 aliphatic carbocycles. The van der Waals surface area contributed by atoms with Crippen LogP contribution in [0, 0.1) is 0 Å². The van der Waals surface area contributed by atoms with Crippen molar-refractivity contribution in [2.45, 2.75) is 37.9 Å². The lowest BCUT2D eigenvalue weighted by Crippen LogP contribution is -2.43. The number of nitrogens with zero attached hydrogens (tertiary/aromatic N) is 1. The molecule has 1 amide bonds. The highest BCUT2D eigenvalue weighted by molar-refractivity contribution is 5.76. The van der Waals surface area contributed by atoms with Gasteiger partial charge in [-0.25, -0.2) is 0 Å². The van der Waals surface area contributed by atoms with Crippen LogP contribution in [0.1, 0.15) is 37.4 Å². The molecule has 0 aromatic heterocycles. The number of hydrogen-bond donors (Lipinski definition) is 0. The molecule has 4 nitrogen and oxygen atoms in total. The average molecular weight is 289 g/mol. The van der Waals surface area contributed by atoms with Crippen molar-refractivity contribution in [3.63, 3.8) is 0 Å². The fourth-order valence-electron chi connectivity index (χ4n) is 3.04. The normalized spacial score (nSPS) is 26.6. The van der Waals surface area contributed by atoms with Gasteiger partial charge in [0, 0.05) is 13.2 Å². The molecule has 4 heteroatoms. The second kappa shape index (κ2) is 7.05. The third kappa shape index (κ3) is 3.83. The average Bonchev–Trinajstić information content (AvgIpc) is 2.57. The molecule has 21 heavy (non-hydrogen) atoms. The third-order valence-electron chi connectivity index (χ3n) is 4.27. The zero-order chi connectivity index (χ0) is 14.5. The SMILES string of the molecule is O=C(CC1CCCCO1)N1CCOC(c2ccccc2)C1. The summed E-state index contributed by atoms with van der Waals surface area (Å²) in [5, 5.41) is 0. The van der Waals surface area contributed by atoms with E-state index in [0.29, 0.717) is 26.1 Å². The standard InChI is InChI=1S/C17H23NO3/c19-17(12-15-8-4-5-10-20-15)18-9-11-21-16(13-18)14-6-2-1-3-7-14/h1-3,6-7,15-16H,4-5,8-13H2. The molecule has 0 radical (unpaired) electrons. The lowest BCUT2D eigenvalue weighted by molar-refractivity contribution is -0.142. The van der Waals surface area contributed by atoms with E-state index in [9.17, 15) is 4.79 Å². The number of rotatable bonds is 3. The van der Waals surface area contributed by atoms with Crippen molar-refractivity contribution in [3.8, 4) is 0 Å². The monoisotopic (exact) mass is 289 g/mol. The van der Waals surface area contributed by atoms with Crippen LogP contribution in [0.15, 0.2) is 30.3 Å². The van der Waals surface area contributed by atoms with Crippen LogP contribution in [0.4, 0.5) is 0 Å². The van der Waals surface area contributed by atoms with Gasteiger partial charge in [0.2, 0.25) is 5.91 Å². The van der Waals surface area contributed by atoms with Crippen LogP contribution in [0.2, 0.25) is 0 Å². The van der Waals surface area contributed by atoms with Crippen molar-refractivity contribution in [1.29, 1.82) is 0 Å². The first-order valence-corrected chi connectivity index (χ1v) is 7.89. The fraction of sp³-hybridized carbons (Fsp3) is 0.588. The van der Waals surface area contributed by atoms with E-state index in [0.717, 1.165) is 25.0 Å². The maximum Gasteiger partial charge on any atom is 0.225 e. The van der Waals surface area contributed by atoms with Crippen molar-refractivity contribution in [2.75, 3.05) is 26.3 Å². The molecule has 0 saturated carbocycles. The van der Waals surface area contributed by atoms with E-state index < -0.39 is 0 Å². The predicted octanol–water partition coefficient (Wildman–Crippen LogP) is 2.55. The Bertz CT molecular complexity index is 456. The predicted molar refractivity (Wildman–Crippen MR) is 79.9 cm³/mol. The highest BCUT2D eigenvalue weighted by Crippen LogP contribution is 2.23. The van der Waals surface area contributed by atoms with Gasteiger partial charge in [0.25, 0.3) is 0 Å². The van der Waals surface area contributed by atoms with E-state index in [1.54, 1.807) is 0 Å². The second-order valence-corrected chi connectivity index (χ2v) is 5.80. The van der Waals surface area contributed by atoms with Gasteiger partial charge in [-0.15, -0.1) is 0 Å². The Morgan fingerprint density at radius 3 is 2.76 bits per heavy atom. The molecule has 2 aliphatic rings. The van der Waals surface area contributed by atoms with E-state index in [1.165, 1.54) is 6.42 Å². The first-order valence-electron chi connectivity index (χ1n) is 7.89. The Kier molecular flexibility index (Phi) is 4.88. The number of ether oxygens (including phenoxy) is 2. The summed E-state index contributed by atoms with van der Waals surface area (Å²) in [6, 6.07) is 10.1. The van der Waals surface area contributed by atoms with Gasteiger partial charge >= 0.3 is 0 Å². The molecule has 2 fully saturated rings. The van der Waals surface area contributed by atoms with Crippen LogP contribution >= 0.6 is 0 Å². The minimum atomic E-state index is -0.00354. The molecule has 2 unspecified atom stereocenters. The van der Waals surface area contributed by atoms with E-state index in [-0.39, 0.29) is 18.1 Å². The smallest absolute Gasteiger partial charge is 0.225 e. The fourth-order valence-corrected chi connectivity index (χ4v) is 3.04. The third-order valence-corrected chi connectivity index (χ3v) is 4.27. The summed E-state index contributed by atoms with van der Waals surface area (Å²) in [6.07, 6.45) is 3.94. The maximum atomic E-state index is 12.4. The van der Waals surface area contributed by atoms with Gasteiger partial charge in [-0.3, -0.25) is 4.79 Å². The van der Waals surface area contributed by atoms with Crippen LogP contribution < -0.4 is 0 Å². The van der Waals surface area contributed by atoms with Gasteiger partial charge < -0.3 is 14.4 Å². The Labute approximate surface area is 126 Å². The Hall–Kier alpha value is -1.39. The number of carbonyl (C=O) groups is 1. The van der Waals surface area contributed by atoms with E-state index >= 15 is 0 Å². The van der Waals surface area contributed by atoms with Crippen molar-refractivity contribution < 1.29 is 14.3 Å². The highest BCUT2D eigenvalue weighted by Gasteiger charge is 2.27. The summed E-state index contributed by atoms with van der Waals surface area (Å²) >= 11 is 0. The number of morpholine rings is 1. The molecule has 0 N–H and O–H groups in total. The summed E-state index contributed by atoms with van der Waals surface area (Å²) < 4.78 is 11.5. The van der Waals surface area contributed by atoms with Gasteiger partial charge in [0.15, 0.2) is 0 Å². The van der Waals surface area contributed by atoms with Gasteiger partial charge in [-0.05, 0) is 24.8 Å². The van der Waals surface area contributed by atoms with Gasteiger partial charge in [0.05, 0.1) is 25.7 Å². The molecular formula is C17H23NO3. The summed E-state index contributed by atoms with van der Waals surface area (Å²) in [7, 11) is 0. The van der Waals surface area contributed by atoms with Crippen LogP contribution in [0.25, 0.3) is 0 Å². The molecule has 3 rings (SSSR count). The van der Waals surface area contributed by atoms with E-state index in [1.807, 2.05) is 23.1 Å². The van der Waals surface area contributed by atoms with Crippen molar-refractivity contribution in [2.24, 2.45) is 0 Å². The van der Waals surface area contributed by atoms with Crippen LogP contribution in [0.5, 0.6) is 0 Å². The summed E-state index contributed by atoms with van der Waals surface area (Å²) in [6.45, 7) is 2.75. The Morgan fingerprint density at radius 2 is 2.00 bits per heavy atom. The van der Waals surface area contributed by atoms with E-state index in [4.69, 9.17) is 9.47 Å². The summed E-state index contributed by atoms with van der Waals surface area (Å²) in [5.41, 5.74) is 1.14. The van der Waals surface area contributed by atoms with Crippen LogP contribution in [-0.2, 0) is 14.3 Å². The molecule has 2 heterocycles. The van der Waals surface area contributed by atoms with Gasteiger partial charge in [-0.1, -0.05) is 30.3 Å². The number of carbonyl (C=O) groups excluding carboxylic acids is 1. The number of amides is 1. The largest absolute Gasteiger partial charge is 0.378 e. The highest BCUT2D eigenvalue weighted by atomic mass is 16.5. The van der Waals surface area contributed by atoms with Crippen molar-refractivity contribution in [3.05, 3.63) is 35.9 Å². The first kappa shape index (κ1) is 14.5. The molecule has 0 spiro atoms. The van der Waals surface area contributed by atoms with Gasteiger partial charge in [0.1, 0.15) is 6.10 Å². The number of benzene rings is 1. The zero-order valence-corrected chi connectivity index (χ0v) is 12.4. The topological polar surface area (TPSA) is 38.8 Å². The molecule has 1 aromatic rings. The second-order valence-electron chi connectivity index (χ2n) is 5.80. The zero-order valence-electron chi connectivity index (χ0n) is 12.4. The molecule has 1 aromatic carbocycles. The van der Waals surface area contributed by atoms with Crippen molar-refractivity contribution >= 4 is 5.91 Å². The minimum Gasteiger partial charge on any atom is -0.378 e. The molecule has 2 atom stereocenters. The Balaban J connectivity index is 1.56. The maximum absolute atomic E-state index is 12.4.